The van der Waals surface area contributed by atoms with Gasteiger partial charge in [0, 0.05) is 4.88 Å². The molecule has 1 aromatic carbocycles. The van der Waals surface area contributed by atoms with Crippen molar-refractivity contribution < 1.29 is 22.8 Å². The first-order chi connectivity index (χ1) is 12.4. The van der Waals surface area contributed by atoms with E-state index in [4.69, 9.17) is 0 Å². The van der Waals surface area contributed by atoms with Gasteiger partial charge >= 0.3 is 6.18 Å². The molecule has 2 aromatic heterocycles. The molecular weight excluding hydrogens is 383 g/mol. The number of rotatable bonds is 5. The summed E-state index contributed by atoms with van der Waals surface area (Å²) in [5.41, 5.74) is -1.40. The summed E-state index contributed by atoms with van der Waals surface area (Å²) >= 11 is 2.54. The Kier molecular flexibility index (Phi) is 5.24. The van der Waals surface area contributed by atoms with Gasteiger partial charge in [-0.3, -0.25) is 9.59 Å². The van der Waals surface area contributed by atoms with Crippen molar-refractivity contribution >= 4 is 34.4 Å². The minimum atomic E-state index is -4.60. The van der Waals surface area contributed by atoms with E-state index in [9.17, 15) is 22.8 Å². The second-order valence-electron chi connectivity index (χ2n) is 5.30. The topological polar surface area (TPSA) is 46.2 Å². The van der Waals surface area contributed by atoms with Crippen molar-refractivity contribution in [3.63, 3.8) is 0 Å². The van der Waals surface area contributed by atoms with Gasteiger partial charge in [-0.05, 0) is 35.7 Å². The van der Waals surface area contributed by atoms with E-state index in [1.807, 2.05) is 0 Å². The Labute approximate surface area is 155 Å². The van der Waals surface area contributed by atoms with Crippen LogP contribution in [0.3, 0.4) is 0 Å². The lowest BCUT2D eigenvalue weighted by molar-refractivity contribution is -0.137. The SMILES string of the molecule is O=C(c1cccs1)c1ccc(CNC(=O)c2ccccc2C(F)(F)F)s1. The first-order valence-electron chi connectivity index (χ1n) is 7.47. The fraction of sp³-hybridized carbons (Fsp3) is 0.111. The molecule has 0 unspecified atom stereocenters. The molecule has 0 saturated carbocycles. The van der Waals surface area contributed by atoms with Crippen molar-refractivity contribution in [2.45, 2.75) is 12.7 Å². The summed E-state index contributed by atoms with van der Waals surface area (Å²) in [6, 6.07) is 11.5. The Hall–Kier alpha value is -2.45. The Morgan fingerprint density at radius 3 is 2.42 bits per heavy atom. The van der Waals surface area contributed by atoms with Crippen LogP contribution in [0.4, 0.5) is 13.2 Å². The maximum Gasteiger partial charge on any atom is 0.417 e. The number of ketones is 1. The molecule has 0 aliphatic carbocycles. The molecule has 0 bridgehead atoms. The molecule has 8 heteroatoms. The van der Waals surface area contributed by atoms with Gasteiger partial charge < -0.3 is 5.32 Å². The third-order valence-electron chi connectivity index (χ3n) is 3.53. The molecular formula is C18H12F3NO2S2. The fourth-order valence-electron chi connectivity index (χ4n) is 2.32. The number of halogens is 3. The summed E-state index contributed by atoms with van der Waals surface area (Å²) < 4.78 is 39.0. The van der Waals surface area contributed by atoms with Crippen LogP contribution in [0.5, 0.6) is 0 Å². The van der Waals surface area contributed by atoms with Gasteiger partial charge in [-0.15, -0.1) is 22.7 Å². The predicted octanol–water partition coefficient (Wildman–Crippen LogP) is 4.99. The molecule has 26 heavy (non-hydrogen) atoms. The van der Waals surface area contributed by atoms with Gasteiger partial charge in [-0.1, -0.05) is 18.2 Å². The van der Waals surface area contributed by atoms with E-state index in [2.05, 4.69) is 5.32 Å². The van der Waals surface area contributed by atoms with Crippen molar-refractivity contribution in [2.75, 3.05) is 0 Å². The third-order valence-corrected chi connectivity index (χ3v) is 5.48. The number of hydrogen-bond donors (Lipinski definition) is 1. The number of nitrogens with one attached hydrogen (secondary N) is 1. The first-order valence-corrected chi connectivity index (χ1v) is 9.17. The molecule has 0 spiro atoms. The average molecular weight is 395 g/mol. The number of benzene rings is 1. The first kappa shape index (κ1) is 18.3. The molecule has 1 amide bonds. The van der Waals surface area contributed by atoms with E-state index in [-0.39, 0.29) is 12.3 Å². The van der Waals surface area contributed by atoms with Crippen LogP contribution in [0.2, 0.25) is 0 Å². The van der Waals surface area contributed by atoms with E-state index in [1.54, 1.807) is 29.6 Å². The molecule has 3 aromatic rings. The summed E-state index contributed by atoms with van der Waals surface area (Å²) in [4.78, 5) is 26.2. The van der Waals surface area contributed by atoms with Crippen LogP contribution < -0.4 is 5.32 Å². The Morgan fingerprint density at radius 1 is 0.962 bits per heavy atom. The standard InChI is InChI=1S/C18H12F3NO2S2/c19-18(20,21)13-5-2-1-4-12(13)17(24)22-10-11-7-8-15(26-11)16(23)14-6-3-9-25-14/h1-9H,10H2,(H,22,24). The highest BCUT2D eigenvalue weighted by Crippen LogP contribution is 2.31. The highest BCUT2D eigenvalue weighted by atomic mass is 32.1. The minimum absolute atomic E-state index is 0.0490. The lowest BCUT2D eigenvalue weighted by Gasteiger charge is -2.12. The Balaban J connectivity index is 1.69. The number of carbonyl (C=O) groups excluding carboxylic acids is 2. The minimum Gasteiger partial charge on any atom is -0.347 e. The van der Waals surface area contributed by atoms with Crippen molar-refractivity contribution in [3.05, 3.63) is 79.7 Å². The quantitative estimate of drug-likeness (QED) is 0.619. The zero-order valence-electron chi connectivity index (χ0n) is 13.2. The van der Waals surface area contributed by atoms with Crippen molar-refractivity contribution in [2.24, 2.45) is 0 Å². The van der Waals surface area contributed by atoms with Gasteiger partial charge in [0.25, 0.3) is 5.91 Å². The second kappa shape index (κ2) is 7.43. The zero-order valence-corrected chi connectivity index (χ0v) is 14.8. The van der Waals surface area contributed by atoms with E-state index < -0.39 is 23.2 Å². The van der Waals surface area contributed by atoms with Crippen LogP contribution in [0.1, 0.15) is 35.3 Å². The van der Waals surface area contributed by atoms with Crippen molar-refractivity contribution in [3.8, 4) is 0 Å². The monoisotopic (exact) mass is 395 g/mol. The van der Waals surface area contributed by atoms with Crippen molar-refractivity contribution in [1.82, 2.24) is 5.32 Å². The maximum atomic E-state index is 13.0. The van der Waals surface area contributed by atoms with Crippen LogP contribution in [-0.2, 0) is 12.7 Å². The third kappa shape index (κ3) is 4.03. The molecule has 0 fully saturated rings. The van der Waals surface area contributed by atoms with Gasteiger partial charge in [-0.2, -0.15) is 13.2 Å². The smallest absolute Gasteiger partial charge is 0.347 e. The average Bonchev–Trinajstić information content (AvgIpc) is 3.30. The maximum absolute atomic E-state index is 13.0. The lowest BCUT2D eigenvalue weighted by Crippen LogP contribution is -2.25. The number of thiophene rings is 2. The van der Waals surface area contributed by atoms with Gasteiger partial charge in [0.1, 0.15) is 0 Å². The molecule has 134 valence electrons. The van der Waals surface area contributed by atoms with E-state index >= 15 is 0 Å². The number of hydrogen-bond acceptors (Lipinski definition) is 4. The van der Waals surface area contributed by atoms with Crippen LogP contribution >= 0.6 is 22.7 Å². The molecule has 0 radical (unpaired) electrons. The number of carbonyl (C=O) groups is 2. The molecule has 1 N–H and O–H groups in total. The molecule has 0 atom stereocenters. The number of amides is 1. The zero-order chi connectivity index (χ0) is 18.7. The van der Waals surface area contributed by atoms with Crippen LogP contribution in [0.15, 0.2) is 53.9 Å². The normalized spacial score (nSPS) is 11.3. The fourth-order valence-corrected chi connectivity index (χ4v) is 3.96. The van der Waals surface area contributed by atoms with Crippen LogP contribution in [-0.4, -0.2) is 11.7 Å². The van der Waals surface area contributed by atoms with Crippen molar-refractivity contribution in [1.29, 1.82) is 0 Å². The Morgan fingerprint density at radius 2 is 1.73 bits per heavy atom. The van der Waals surface area contributed by atoms with E-state index in [0.29, 0.717) is 14.6 Å². The molecule has 3 nitrogen and oxygen atoms in total. The van der Waals surface area contributed by atoms with Crippen LogP contribution in [0, 0.1) is 0 Å². The van der Waals surface area contributed by atoms with E-state index in [0.717, 1.165) is 12.1 Å². The predicted molar refractivity (Wildman–Crippen MR) is 94.7 cm³/mol. The highest BCUT2D eigenvalue weighted by molar-refractivity contribution is 7.16. The summed E-state index contributed by atoms with van der Waals surface area (Å²) in [5, 5.41) is 4.28. The van der Waals surface area contributed by atoms with Gasteiger partial charge in [0.2, 0.25) is 5.78 Å². The lowest BCUT2D eigenvalue weighted by atomic mass is 10.1. The van der Waals surface area contributed by atoms with Gasteiger partial charge in [0.15, 0.2) is 0 Å². The summed E-state index contributed by atoms with van der Waals surface area (Å²) in [6.45, 7) is 0.0490. The summed E-state index contributed by atoms with van der Waals surface area (Å²) in [6.07, 6.45) is -4.60. The molecule has 3 rings (SSSR count). The second-order valence-corrected chi connectivity index (χ2v) is 7.41. The molecule has 0 saturated heterocycles. The summed E-state index contributed by atoms with van der Waals surface area (Å²) in [5.74, 6) is -0.914. The van der Waals surface area contributed by atoms with Gasteiger partial charge in [-0.25, -0.2) is 0 Å². The largest absolute Gasteiger partial charge is 0.417 e. The highest BCUT2D eigenvalue weighted by Gasteiger charge is 2.34. The van der Waals surface area contributed by atoms with Gasteiger partial charge in [0.05, 0.1) is 27.4 Å². The summed E-state index contributed by atoms with van der Waals surface area (Å²) in [7, 11) is 0. The molecule has 2 heterocycles. The number of alkyl halides is 3. The molecule has 0 aliphatic rings. The van der Waals surface area contributed by atoms with Crippen LogP contribution in [0.25, 0.3) is 0 Å². The Bertz CT molecular complexity index is 930. The molecule has 0 aliphatic heterocycles. The van der Waals surface area contributed by atoms with E-state index in [1.165, 1.54) is 34.8 Å².